The van der Waals surface area contributed by atoms with E-state index >= 15 is 0 Å². The number of nitrogens with two attached hydrogens (primary N) is 2. The molecule has 0 spiro atoms. The van der Waals surface area contributed by atoms with E-state index < -0.39 is 91.3 Å². The number of phosphoric ester groups is 2. The molecule has 16 N–H and O–H groups in total. The third kappa shape index (κ3) is 8.53. The number of nitrogens with zero attached hydrogens (tertiary/aromatic N) is 7. The van der Waals surface area contributed by atoms with Crippen LogP contribution in [0.4, 0.5) is 11.8 Å². The Morgan fingerprint density at radius 1 is 0.944 bits per heavy atom. The Labute approximate surface area is 301 Å². The third-order valence-electron chi connectivity index (χ3n) is 7.84. The van der Waals surface area contributed by atoms with Crippen LogP contribution in [0.25, 0.3) is 22.3 Å². The summed E-state index contributed by atoms with van der Waals surface area (Å²) in [6, 6.07) is 0. The van der Waals surface area contributed by atoms with Crippen molar-refractivity contribution in [1.82, 2.24) is 46.4 Å². The predicted molar refractivity (Wildman–Crippen MR) is 171 cm³/mol. The van der Waals surface area contributed by atoms with Gasteiger partial charge in [-0.25, -0.2) is 28.1 Å². The van der Waals surface area contributed by atoms with Crippen LogP contribution < -0.4 is 48.6 Å². The normalized spacial score (nSPS) is 29.0. The Bertz CT molecular complexity index is 2190. The van der Waals surface area contributed by atoms with E-state index in [4.69, 9.17) is 25.7 Å². The van der Waals surface area contributed by atoms with Gasteiger partial charge in [-0.2, -0.15) is 0 Å². The van der Waals surface area contributed by atoms with Crippen molar-refractivity contribution in [2.45, 2.75) is 49.1 Å². The molecular formula is C22H37N12O17P3. The number of aromatic amines is 1. The summed E-state index contributed by atoms with van der Waals surface area (Å²) in [5.41, 5.74) is 11.0. The Kier molecular flexibility index (Phi) is 12.8. The van der Waals surface area contributed by atoms with Gasteiger partial charge in [0.25, 0.3) is 35.0 Å². The number of aliphatic hydroxyl groups is 3. The van der Waals surface area contributed by atoms with Gasteiger partial charge in [-0.15, -0.1) is 0 Å². The summed E-state index contributed by atoms with van der Waals surface area (Å²) in [6.07, 6.45) is -8.53. The second-order valence-electron chi connectivity index (χ2n) is 11.2. The summed E-state index contributed by atoms with van der Waals surface area (Å²) < 4.78 is 74.0. The molecule has 5 unspecified atom stereocenters. The minimum absolute atomic E-state index is 0. The van der Waals surface area contributed by atoms with Gasteiger partial charge in [0.2, 0.25) is 11.7 Å². The van der Waals surface area contributed by atoms with E-state index in [0.717, 1.165) is 19.8 Å². The first kappa shape index (κ1) is 43.3. The second kappa shape index (κ2) is 16.0. The lowest BCUT2D eigenvalue weighted by Gasteiger charge is -2.35. The number of quaternary nitrogens is 2. The van der Waals surface area contributed by atoms with Crippen molar-refractivity contribution in [3.8, 4) is 0 Å². The molecule has 54 heavy (non-hydrogen) atoms. The number of hydrogen-bond acceptors (Lipinski definition) is 23. The van der Waals surface area contributed by atoms with Gasteiger partial charge in [0, 0.05) is 7.11 Å². The molecule has 6 heterocycles. The maximum Gasteiger partial charge on any atom is 0.313 e. The summed E-state index contributed by atoms with van der Waals surface area (Å²) >= 11 is 0. The first-order valence-corrected chi connectivity index (χ1v) is 18.9. The van der Waals surface area contributed by atoms with Gasteiger partial charge in [-0.3, -0.25) is 32.6 Å². The minimum Gasteiger partial charge on any atom is -0.756 e. The number of H-pyrrole nitrogens is 1. The lowest BCUT2D eigenvalue weighted by atomic mass is 10.1. The van der Waals surface area contributed by atoms with Crippen LogP contribution in [0.2, 0.25) is 0 Å². The lowest BCUT2D eigenvalue weighted by molar-refractivity contribution is -0.745. The topological polar surface area (TPSA) is 469 Å². The van der Waals surface area contributed by atoms with Crippen LogP contribution >= 0.6 is 23.5 Å². The highest BCUT2D eigenvalue weighted by molar-refractivity contribution is 7.65. The molecule has 0 aromatic carbocycles. The number of hydrogen-bond donors (Lipinski definition) is 8. The zero-order chi connectivity index (χ0) is 37.9. The molecule has 0 saturated carbocycles. The fraction of sp³-hybridized carbons (Fsp3) is 0.545. The molecule has 302 valence electrons. The molecule has 11 atom stereocenters. The average molecular weight is 835 g/mol. The van der Waals surface area contributed by atoms with Crippen LogP contribution in [0.5, 0.6) is 0 Å². The van der Waals surface area contributed by atoms with Crippen molar-refractivity contribution in [3.05, 3.63) is 29.3 Å². The van der Waals surface area contributed by atoms with Gasteiger partial charge >= 0.3 is 5.65 Å². The summed E-state index contributed by atoms with van der Waals surface area (Å²) in [5.74, 6) is -0.259. The van der Waals surface area contributed by atoms with E-state index in [1.807, 2.05) is 0 Å². The second-order valence-corrected chi connectivity index (χ2v) is 15.7. The predicted octanol–water partition coefficient (Wildman–Crippen LogP) is -4.33. The number of aryl methyl sites for hydroxylation is 1. The zero-order valence-electron chi connectivity index (χ0n) is 28.4. The van der Waals surface area contributed by atoms with E-state index in [1.165, 1.54) is 27.1 Å². The largest absolute Gasteiger partial charge is 0.756 e. The van der Waals surface area contributed by atoms with Gasteiger partial charge in [0.1, 0.15) is 48.5 Å². The molecular weight excluding hydrogens is 797 g/mol. The number of fused-ring (bicyclic) bond motifs is 2. The van der Waals surface area contributed by atoms with E-state index in [0.29, 0.717) is 0 Å². The SMILES string of the molecule is COC1[C@@H](COP(=O)([O-])OP(=O)([O-])OP(=O)([O-])OC[C@H]2O[C@@H](n3cnc4c(N)ncnc43)[C@@H](O)C2O)O[C@@H]([n+]2cn(C)c3c(=O)[nH]c(N)nc32)[C@H]1O.[NH4+].[NH4+]. The Morgan fingerprint density at radius 2 is 1.57 bits per heavy atom. The Hall–Kier alpha value is -3.41. The molecule has 2 fully saturated rings. The van der Waals surface area contributed by atoms with Crippen molar-refractivity contribution in [2.24, 2.45) is 7.05 Å². The molecule has 32 heteroatoms. The number of imidazole rings is 2. The number of phosphoric acid groups is 3. The Morgan fingerprint density at radius 3 is 2.20 bits per heavy atom. The first-order valence-electron chi connectivity index (χ1n) is 14.5. The molecule has 2 aliphatic heterocycles. The van der Waals surface area contributed by atoms with E-state index in [2.05, 4.69) is 42.6 Å². The Balaban J connectivity index is 0.00000325. The number of aliphatic hydroxyl groups excluding tert-OH is 3. The van der Waals surface area contributed by atoms with Gasteiger partial charge in [-0.05, 0) is 0 Å². The number of methoxy groups -OCH3 is 1. The number of rotatable bonds is 13. The monoisotopic (exact) mass is 834 g/mol. The fourth-order valence-corrected chi connectivity index (χ4v) is 9.00. The summed E-state index contributed by atoms with van der Waals surface area (Å²) in [5, 5.41) is 31.8. The zero-order valence-corrected chi connectivity index (χ0v) is 31.1. The number of anilines is 2. The van der Waals surface area contributed by atoms with Crippen molar-refractivity contribution in [2.75, 3.05) is 31.8 Å². The maximum absolute atomic E-state index is 12.4. The maximum atomic E-state index is 12.4. The van der Waals surface area contributed by atoms with Crippen molar-refractivity contribution in [3.63, 3.8) is 0 Å². The van der Waals surface area contributed by atoms with Gasteiger partial charge in [0.05, 0.1) is 26.6 Å². The van der Waals surface area contributed by atoms with Crippen molar-refractivity contribution >= 4 is 57.6 Å². The third-order valence-corrected chi connectivity index (χ3v) is 12.0. The molecule has 0 aliphatic carbocycles. The summed E-state index contributed by atoms with van der Waals surface area (Å²) in [7, 11) is -15.6. The molecule has 0 radical (unpaired) electrons. The van der Waals surface area contributed by atoms with Crippen molar-refractivity contribution in [1.29, 1.82) is 0 Å². The molecule has 29 nitrogen and oxygen atoms in total. The average Bonchev–Trinajstić information content (AvgIpc) is 3.77. The highest BCUT2D eigenvalue weighted by Gasteiger charge is 2.49. The first-order chi connectivity index (χ1) is 24.3. The molecule has 0 bridgehead atoms. The highest BCUT2D eigenvalue weighted by atomic mass is 31.3. The molecule has 4 aromatic rings. The van der Waals surface area contributed by atoms with Gasteiger partial charge < -0.3 is 77.0 Å². The summed E-state index contributed by atoms with van der Waals surface area (Å²) in [6.45, 7) is -2.16. The summed E-state index contributed by atoms with van der Waals surface area (Å²) in [4.78, 5) is 67.5. The number of ether oxygens (including phenoxy) is 3. The van der Waals surface area contributed by atoms with Crippen molar-refractivity contribution < 1.29 is 80.1 Å². The van der Waals surface area contributed by atoms with Crippen LogP contribution in [0.3, 0.4) is 0 Å². The minimum atomic E-state index is -6.32. The van der Waals surface area contributed by atoms with E-state index in [1.54, 1.807) is 0 Å². The van der Waals surface area contributed by atoms with Crippen LogP contribution in [0, 0.1) is 0 Å². The smallest absolute Gasteiger partial charge is 0.313 e. The number of nitrogen functional groups attached to an aromatic ring is 2. The lowest BCUT2D eigenvalue weighted by Crippen LogP contribution is -2.46. The highest BCUT2D eigenvalue weighted by Crippen LogP contribution is 2.63. The molecule has 2 saturated heterocycles. The molecule has 6 rings (SSSR count). The fourth-order valence-electron chi connectivity index (χ4n) is 5.62. The van der Waals surface area contributed by atoms with Gasteiger partial charge in [0.15, 0.2) is 24.0 Å². The van der Waals surface area contributed by atoms with Gasteiger partial charge in [-0.1, -0.05) is 4.98 Å². The molecule has 4 aromatic heterocycles. The van der Waals surface area contributed by atoms with Crippen LogP contribution in [0.15, 0.2) is 23.8 Å². The van der Waals surface area contributed by atoms with E-state index in [-0.39, 0.29) is 46.4 Å². The van der Waals surface area contributed by atoms with Crippen LogP contribution in [0.1, 0.15) is 12.5 Å². The quantitative estimate of drug-likeness (QED) is 0.0466. The molecule has 2 aliphatic rings. The number of aromatic nitrogens is 8. The molecule has 0 amide bonds. The van der Waals surface area contributed by atoms with Crippen LogP contribution in [-0.4, -0.2) is 106 Å². The van der Waals surface area contributed by atoms with E-state index in [9.17, 15) is 48.5 Å². The standard InChI is InChI=1S/C22H31N10O17P3.2H3N/c1-30-7-32(18-11(30)19(36)29-22(24)28-18)21-14(35)15(43-2)9(47-21)4-45-51(39,40)49-52(41,42)48-50(37,38)44-3-8-12(33)13(34)20(46-8)31-6-27-10-16(23)25-5-26-17(10)31;;/h5-9,12-15,20-21,33-35H,3-4H2,1-2H3,(H7-,23,24,25,26,28,29,36,37,38,39,40,41,42);2*1H3/t8-,9-,12?,13+,14+,15?,20-,21-;;/m1../s1. The van der Waals surface area contributed by atoms with Crippen LogP contribution in [-0.2, 0) is 52.6 Å². The number of nitrogens with one attached hydrogen (secondary N) is 1.